The molecule has 31 heavy (non-hydrogen) atoms. The van der Waals surface area contributed by atoms with Crippen LogP contribution in [0.5, 0.6) is 0 Å². The lowest BCUT2D eigenvalue weighted by atomic mass is 10.0. The fourth-order valence-electron chi connectivity index (χ4n) is 4.16. The van der Waals surface area contributed by atoms with Crippen molar-refractivity contribution in [2.75, 3.05) is 13.6 Å². The predicted molar refractivity (Wildman–Crippen MR) is 130 cm³/mol. The Labute approximate surface area is 194 Å². The van der Waals surface area contributed by atoms with Crippen LogP contribution >= 0.6 is 24.0 Å². The van der Waals surface area contributed by atoms with Crippen molar-refractivity contribution in [2.45, 2.75) is 63.9 Å². The van der Waals surface area contributed by atoms with Gasteiger partial charge in [-0.3, -0.25) is 9.59 Å². The van der Waals surface area contributed by atoms with Crippen LogP contribution in [0.15, 0.2) is 23.7 Å². The number of likely N-dealkylation sites (N-methyl/N-ethyl adjacent to an activating group) is 1. The van der Waals surface area contributed by atoms with Gasteiger partial charge in [-0.25, -0.2) is 4.98 Å². The van der Waals surface area contributed by atoms with Gasteiger partial charge in [0.15, 0.2) is 0 Å². The Morgan fingerprint density at radius 1 is 1.35 bits per heavy atom. The van der Waals surface area contributed by atoms with Crippen LogP contribution in [0, 0.1) is 13.8 Å². The van der Waals surface area contributed by atoms with E-state index in [4.69, 9.17) is 0 Å². The molecule has 3 rings (SSSR count). The van der Waals surface area contributed by atoms with Gasteiger partial charge in [0.2, 0.25) is 11.8 Å². The molecule has 0 bridgehead atoms. The van der Waals surface area contributed by atoms with Crippen LogP contribution in [-0.2, 0) is 16.1 Å². The lowest BCUT2D eigenvalue weighted by molar-refractivity contribution is -0.140. The summed E-state index contributed by atoms with van der Waals surface area (Å²) in [6.45, 7) is 8.91. The maximum atomic E-state index is 13.1. The second-order valence-corrected chi connectivity index (χ2v) is 10.7. The van der Waals surface area contributed by atoms with Gasteiger partial charge in [-0.05, 0) is 64.3 Å². The first-order valence-corrected chi connectivity index (χ1v) is 11.9. The highest BCUT2D eigenvalue weighted by molar-refractivity contribution is 7.81. The van der Waals surface area contributed by atoms with Gasteiger partial charge in [0.25, 0.3) is 0 Å². The molecule has 6 nitrogen and oxygen atoms in total. The van der Waals surface area contributed by atoms with Gasteiger partial charge in [0.05, 0.1) is 16.1 Å². The number of thiazole rings is 1. The first kappa shape index (κ1) is 23.8. The smallest absolute Gasteiger partial charge is 0.243 e. The molecule has 168 valence electrons. The molecule has 2 amide bonds. The number of aromatic nitrogens is 1. The molecule has 0 saturated carbocycles. The Morgan fingerprint density at radius 2 is 2.10 bits per heavy atom. The lowest BCUT2D eigenvalue weighted by Crippen LogP contribution is -2.57. The molecule has 2 atom stereocenters. The van der Waals surface area contributed by atoms with Crippen molar-refractivity contribution in [2.24, 2.45) is 0 Å². The first-order chi connectivity index (χ1) is 14.6. The van der Waals surface area contributed by atoms with Crippen LogP contribution in [0.2, 0.25) is 0 Å². The molecular weight excluding hydrogens is 428 g/mol. The molecule has 2 heterocycles. The van der Waals surface area contributed by atoms with Gasteiger partial charge in [0.1, 0.15) is 12.1 Å². The second-order valence-electron chi connectivity index (χ2n) is 8.69. The minimum Gasteiger partial charge on any atom is -0.350 e. The quantitative estimate of drug-likeness (QED) is 0.554. The van der Waals surface area contributed by atoms with Crippen molar-refractivity contribution < 1.29 is 9.59 Å². The second kappa shape index (κ2) is 9.71. The zero-order valence-corrected chi connectivity index (χ0v) is 20.6. The number of nitrogens with one attached hydrogen (secondary N) is 2. The molecule has 1 fully saturated rings. The third kappa shape index (κ3) is 5.30. The maximum Gasteiger partial charge on any atom is 0.243 e. The summed E-state index contributed by atoms with van der Waals surface area (Å²) in [4.78, 5) is 33.2. The Balaban J connectivity index is 1.66. The lowest BCUT2D eigenvalue weighted by Gasteiger charge is -2.34. The summed E-state index contributed by atoms with van der Waals surface area (Å²) in [5.74, 6) is -0.167. The standard InChI is InChI=1S/C23H32N4O2S2/c1-14-11-16(19-15(2)26-13-31-19)8-9-17(14)12-25-21(28)18-7-6-10-27(18)22(29)20(24-5)23(3,4)30/h8-9,11,13,18,20,24,30H,6-7,10,12H2,1-5H3,(H,25,28). The van der Waals surface area contributed by atoms with Crippen LogP contribution in [0.1, 0.15) is 43.5 Å². The summed E-state index contributed by atoms with van der Waals surface area (Å²) in [5.41, 5.74) is 6.22. The zero-order valence-electron chi connectivity index (χ0n) is 18.9. The molecule has 1 aliphatic rings. The van der Waals surface area contributed by atoms with Crippen molar-refractivity contribution in [3.63, 3.8) is 0 Å². The Hall–Kier alpha value is -1.90. The molecule has 1 aromatic carbocycles. The molecule has 1 saturated heterocycles. The van der Waals surface area contributed by atoms with E-state index in [0.29, 0.717) is 19.5 Å². The van der Waals surface area contributed by atoms with Gasteiger partial charge >= 0.3 is 0 Å². The number of thiol groups is 1. The molecule has 2 unspecified atom stereocenters. The number of aryl methyl sites for hydroxylation is 2. The van der Waals surface area contributed by atoms with E-state index in [0.717, 1.165) is 28.8 Å². The van der Waals surface area contributed by atoms with Crippen molar-refractivity contribution in [3.8, 4) is 10.4 Å². The number of benzene rings is 1. The minimum absolute atomic E-state index is 0.0689. The summed E-state index contributed by atoms with van der Waals surface area (Å²) in [6.07, 6.45) is 1.51. The van der Waals surface area contributed by atoms with Gasteiger partial charge in [-0.1, -0.05) is 18.2 Å². The van der Waals surface area contributed by atoms with Crippen LogP contribution in [0.4, 0.5) is 0 Å². The van der Waals surface area contributed by atoms with Gasteiger partial charge < -0.3 is 15.5 Å². The molecule has 2 aromatic rings. The number of hydrogen-bond acceptors (Lipinski definition) is 6. The van der Waals surface area contributed by atoms with Crippen molar-refractivity contribution in [3.05, 3.63) is 40.5 Å². The van der Waals surface area contributed by atoms with Crippen LogP contribution in [0.25, 0.3) is 10.4 Å². The minimum atomic E-state index is -0.523. The summed E-state index contributed by atoms with van der Waals surface area (Å²) in [5, 5.41) is 6.11. The number of nitrogens with zero attached hydrogens (tertiary/aromatic N) is 2. The van der Waals surface area contributed by atoms with Crippen molar-refractivity contribution in [1.82, 2.24) is 20.5 Å². The molecule has 8 heteroatoms. The fraction of sp³-hybridized carbons (Fsp3) is 0.522. The number of amides is 2. The van der Waals surface area contributed by atoms with Crippen molar-refractivity contribution in [1.29, 1.82) is 0 Å². The van der Waals surface area contributed by atoms with E-state index in [1.165, 1.54) is 4.88 Å². The van der Waals surface area contributed by atoms with E-state index in [9.17, 15) is 9.59 Å². The fourth-order valence-corrected chi connectivity index (χ4v) is 5.20. The van der Waals surface area contributed by atoms with Gasteiger partial charge in [-0.15, -0.1) is 11.3 Å². The van der Waals surface area contributed by atoms with E-state index in [2.05, 4.69) is 53.4 Å². The molecule has 2 N–H and O–H groups in total. The highest BCUT2D eigenvalue weighted by Gasteiger charge is 2.40. The summed E-state index contributed by atoms with van der Waals surface area (Å²) < 4.78 is -0.523. The van der Waals surface area contributed by atoms with E-state index in [1.807, 2.05) is 26.3 Å². The summed E-state index contributed by atoms with van der Waals surface area (Å²) >= 11 is 6.20. The van der Waals surface area contributed by atoms with E-state index < -0.39 is 16.8 Å². The van der Waals surface area contributed by atoms with Crippen LogP contribution in [0.3, 0.4) is 0 Å². The van der Waals surface area contributed by atoms with E-state index >= 15 is 0 Å². The Morgan fingerprint density at radius 3 is 2.68 bits per heavy atom. The highest BCUT2D eigenvalue weighted by atomic mass is 32.1. The number of carbonyl (C=O) groups is 2. The molecular formula is C23H32N4O2S2. The Kier molecular flexibility index (Phi) is 7.44. The monoisotopic (exact) mass is 460 g/mol. The SMILES string of the molecule is CNC(C(=O)N1CCCC1C(=O)NCc1ccc(-c2scnc2C)cc1C)C(C)(C)S. The third-order valence-corrected chi connectivity index (χ3v) is 7.12. The molecule has 0 spiro atoms. The van der Waals surface area contributed by atoms with Crippen LogP contribution in [-0.4, -0.2) is 52.1 Å². The average Bonchev–Trinajstić information content (AvgIpc) is 3.35. The summed E-state index contributed by atoms with van der Waals surface area (Å²) in [7, 11) is 1.76. The molecule has 0 aliphatic carbocycles. The van der Waals surface area contributed by atoms with E-state index in [1.54, 1.807) is 23.3 Å². The predicted octanol–water partition coefficient (Wildman–Crippen LogP) is 3.33. The largest absolute Gasteiger partial charge is 0.350 e. The molecule has 1 aliphatic heterocycles. The summed E-state index contributed by atoms with van der Waals surface area (Å²) in [6, 6.07) is 5.39. The molecule has 1 aromatic heterocycles. The van der Waals surface area contributed by atoms with Gasteiger partial charge in [-0.2, -0.15) is 12.6 Å². The van der Waals surface area contributed by atoms with Crippen LogP contribution < -0.4 is 10.6 Å². The zero-order chi connectivity index (χ0) is 22.8. The topological polar surface area (TPSA) is 74.3 Å². The van der Waals surface area contributed by atoms with Crippen molar-refractivity contribution >= 4 is 35.8 Å². The maximum absolute atomic E-state index is 13.1. The molecule has 0 radical (unpaired) electrons. The first-order valence-electron chi connectivity index (χ1n) is 10.6. The normalized spacial score (nSPS) is 17.6. The Bertz CT molecular complexity index is 951. The average molecular weight is 461 g/mol. The highest BCUT2D eigenvalue weighted by Crippen LogP contribution is 2.29. The number of likely N-dealkylation sites (tertiary alicyclic amines) is 1. The number of hydrogen-bond donors (Lipinski definition) is 3. The number of carbonyl (C=O) groups excluding carboxylic acids is 2. The number of rotatable bonds is 7. The van der Waals surface area contributed by atoms with E-state index in [-0.39, 0.29) is 11.8 Å². The van der Waals surface area contributed by atoms with Gasteiger partial charge in [0, 0.05) is 17.8 Å². The third-order valence-electron chi connectivity index (χ3n) is 5.88.